The Hall–Kier alpha value is -3.35. The highest BCUT2D eigenvalue weighted by Gasteiger charge is 2.43. The summed E-state index contributed by atoms with van der Waals surface area (Å²) in [5.74, 6) is 0.449. The molecule has 1 heterocycles. The molecule has 0 aromatic heterocycles. The molecular weight excluding hydrogens is 372 g/mol. The third-order valence-electron chi connectivity index (χ3n) is 5.03. The Morgan fingerprint density at radius 3 is 2.07 bits per heavy atom. The zero-order valence-corrected chi connectivity index (χ0v) is 16.8. The molecule has 7 nitrogen and oxygen atoms in total. The zero-order valence-electron chi connectivity index (χ0n) is 16.8. The number of rotatable bonds is 7. The molecule has 7 heteroatoms. The van der Waals surface area contributed by atoms with Crippen molar-refractivity contribution < 1.29 is 23.9 Å². The summed E-state index contributed by atoms with van der Waals surface area (Å²) in [6.45, 7) is 1.77. The number of nitrogens with zero attached hydrogens (tertiary/aromatic N) is 2. The fourth-order valence-corrected chi connectivity index (χ4v) is 3.44. The maximum absolute atomic E-state index is 13.0. The van der Waals surface area contributed by atoms with Gasteiger partial charge in [0.05, 0.1) is 26.3 Å². The molecule has 0 spiro atoms. The van der Waals surface area contributed by atoms with E-state index in [4.69, 9.17) is 9.47 Å². The number of ether oxygens (including phenoxy) is 2. The van der Waals surface area contributed by atoms with Gasteiger partial charge < -0.3 is 14.4 Å². The highest BCUT2D eigenvalue weighted by Crippen LogP contribution is 2.27. The van der Waals surface area contributed by atoms with Gasteiger partial charge in [-0.2, -0.15) is 0 Å². The highest BCUT2D eigenvalue weighted by atomic mass is 16.5. The van der Waals surface area contributed by atoms with Crippen LogP contribution >= 0.6 is 0 Å². The van der Waals surface area contributed by atoms with Crippen LogP contribution in [0.25, 0.3) is 0 Å². The average molecular weight is 396 g/mol. The number of imide groups is 1. The van der Waals surface area contributed by atoms with Gasteiger partial charge in [0.2, 0.25) is 11.8 Å². The molecule has 1 aliphatic heterocycles. The minimum Gasteiger partial charge on any atom is -0.497 e. The molecule has 29 heavy (non-hydrogen) atoms. The van der Waals surface area contributed by atoms with Gasteiger partial charge in [-0.25, -0.2) is 4.90 Å². The van der Waals surface area contributed by atoms with Crippen molar-refractivity contribution in [1.29, 1.82) is 0 Å². The first-order valence-electron chi connectivity index (χ1n) is 9.35. The third-order valence-corrected chi connectivity index (χ3v) is 5.03. The van der Waals surface area contributed by atoms with Crippen molar-refractivity contribution in [1.82, 2.24) is 4.90 Å². The lowest BCUT2D eigenvalue weighted by atomic mass is 10.1. The maximum atomic E-state index is 13.0. The van der Waals surface area contributed by atoms with Gasteiger partial charge in [-0.1, -0.05) is 12.1 Å². The Balaban J connectivity index is 1.74. The van der Waals surface area contributed by atoms with Crippen LogP contribution in [0.15, 0.2) is 48.5 Å². The summed E-state index contributed by atoms with van der Waals surface area (Å²) >= 11 is 0. The Kier molecular flexibility index (Phi) is 6.16. The molecule has 2 aromatic carbocycles. The van der Waals surface area contributed by atoms with Crippen molar-refractivity contribution in [3.05, 3.63) is 54.1 Å². The molecular formula is C22H24N2O5. The number of benzene rings is 2. The number of hydrogen-bond donors (Lipinski definition) is 0. The number of hydrogen-bond acceptors (Lipinski definition) is 5. The number of methoxy groups -OCH3 is 2. The van der Waals surface area contributed by atoms with E-state index in [-0.39, 0.29) is 24.1 Å². The van der Waals surface area contributed by atoms with Gasteiger partial charge in [-0.3, -0.25) is 14.4 Å². The molecule has 1 saturated heterocycles. The predicted octanol–water partition coefficient (Wildman–Crippen LogP) is 2.43. The molecule has 152 valence electrons. The van der Waals surface area contributed by atoms with Gasteiger partial charge in [0.25, 0.3) is 5.91 Å². The lowest BCUT2D eigenvalue weighted by molar-refractivity contribution is -0.136. The molecule has 0 bridgehead atoms. The van der Waals surface area contributed by atoms with E-state index in [9.17, 15) is 14.4 Å². The van der Waals surface area contributed by atoms with Crippen molar-refractivity contribution >= 4 is 23.4 Å². The van der Waals surface area contributed by atoms with E-state index in [1.807, 2.05) is 24.3 Å². The SMILES string of the molecule is COc1ccc(CCN(C(C)=O)[C@H]2CC(=O)N(c3ccc(OC)cc3)C2=O)cc1. The third kappa shape index (κ3) is 4.39. The molecule has 3 amide bonds. The van der Waals surface area contributed by atoms with Gasteiger partial charge in [0, 0.05) is 13.5 Å². The minimum atomic E-state index is -0.791. The molecule has 0 N–H and O–H groups in total. The van der Waals surface area contributed by atoms with Gasteiger partial charge in [0.15, 0.2) is 0 Å². The van der Waals surface area contributed by atoms with Crippen LogP contribution in [0.4, 0.5) is 5.69 Å². The quantitative estimate of drug-likeness (QED) is 0.672. The van der Waals surface area contributed by atoms with Gasteiger partial charge in [0.1, 0.15) is 17.5 Å². The van der Waals surface area contributed by atoms with E-state index in [0.717, 1.165) is 16.2 Å². The van der Waals surface area contributed by atoms with Crippen molar-refractivity contribution in [2.24, 2.45) is 0 Å². The number of anilines is 1. The first kappa shape index (κ1) is 20.4. The van der Waals surface area contributed by atoms with E-state index >= 15 is 0 Å². The Bertz CT molecular complexity index is 892. The smallest absolute Gasteiger partial charge is 0.257 e. The fraction of sp³-hybridized carbons (Fsp3) is 0.318. The fourth-order valence-electron chi connectivity index (χ4n) is 3.44. The van der Waals surface area contributed by atoms with Crippen LogP contribution in [-0.2, 0) is 20.8 Å². The van der Waals surface area contributed by atoms with E-state index in [1.165, 1.54) is 11.8 Å². The van der Waals surface area contributed by atoms with Gasteiger partial charge in [-0.15, -0.1) is 0 Å². The molecule has 0 aliphatic carbocycles. The maximum Gasteiger partial charge on any atom is 0.257 e. The van der Waals surface area contributed by atoms with Crippen LogP contribution < -0.4 is 14.4 Å². The van der Waals surface area contributed by atoms with Crippen LogP contribution in [-0.4, -0.2) is 49.4 Å². The minimum absolute atomic E-state index is 0.0208. The van der Waals surface area contributed by atoms with E-state index in [0.29, 0.717) is 24.4 Å². The van der Waals surface area contributed by atoms with E-state index in [2.05, 4.69) is 0 Å². The average Bonchev–Trinajstić information content (AvgIpc) is 3.02. The first-order valence-corrected chi connectivity index (χ1v) is 9.35. The Morgan fingerprint density at radius 2 is 1.55 bits per heavy atom. The standard InChI is InChI=1S/C22H24N2O5/c1-15(25)23(13-12-16-4-8-18(28-2)9-5-16)20-14-21(26)24(22(20)27)17-6-10-19(29-3)11-7-17/h4-11,20H,12-14H2,1-3H3/t20-/m0/s1. The second kappa shape index (κ2) is 8.77. The van der Waals surface area contributed by atoms with Crippen LogP contribution in [0.5, 0.6) is 11.5 Å². The van der Waals surface area contributed by atoms with Crippen LogP contribution in [0, 0.1) is 0 Å². The van der Waals surface area contributed by atoms with Crippen molar-refractivity contribution in [3.63, 3.8) is 0 Å². The molecule has 1 aliphatic rings. The van der Waals surface area contributed by atoms with Gasteiger partial charge >= 0.3 is 0 Å². The van der Waals surface area contributed by atoms with E-state index < -0.39 is 6.04 Å². The van der Waals surface area contributed by atoms with Crippen LogP contribution in [0.2, 0.25) is 0 Å². The molecule has 1 atom stereocenters. The lowest BCUT2D eigenvalue weighted by Gasteiger charge is -2.26. The summed E-state index contributed by atoms with van der Waals surface area (Å²) in [6.07, 6.45) is 0.553. The molecule has 2 aromatic rings. The zero-order chi connectivity index (χ0) is 21.0. The molecule has 0 saturated carbocycles. The molecule has 0 unspecified atom stereocenters. The summed E-state index contributed by atoms with van der Waals surface area (Å²) in [6, 6.07) is 13.4. The Labute approximate surface area is 169 Å². The number of carbonyl (C=O) groups is 3. The highest BCUT2D eigenvalue weighted by molar-refractivity contribution is 6.23. The monoisotopic (exact) mass is 396 g/mol. The normalized spacial score (nSPS) is 16.1. The largest absolute Gasteiger partial charge is 0.497 e. The molecule has 0 radical (unpaired) electrons. The number of amides is 3. The van der Waals surface area contributed by atoms with Crippen molar-refractivity contribution in [2.45, 2.75) is 25.8 Å². The van der Waals surface area contributed by atoms with Crippen LogP contribution in [0.3, 0.4) is 0 Å². The molecule has 1 fully saturated rings. The lowest BCUT2D eigenvalue weighted by Crippen LogP contribution is -2.45. The van der Waals surface area contributed by atoms with Crippen LogP contribution in [0.1, 0.15) is 18.9 Å². The summed E-state index contributed by atoms with van der Waals surface area (Å²) in [5, 5.41) is 0. The predicted molar refractivity (Wildman–Crippen MR) is 108 cm³/mol. The summed E-state index contributed by atoms with van der Waals surface area (Å²) < 4.78 is 10.3. The Morgan fingerprint density at radius 1 is 1.00 bits per heavy atom. The van der Waals surface area contributed by atoms with E-state index in [1.54, 1.807) is 38.5 Å². The second-order valence-corrected chi connectivity index (χ2v) is 6.80. The van der Waals surface area contributed by atoms with Crippen molar-refractivity contribution in [3.8, 4) is 11.5 Å². The summed E-state index contributed by atoms with van der Waals surface area (Å²) in [5.41, 5.74) is 1.49. The summed E-state index contributed by atoms with van der Waals surface area (Å²) in [7, 11) is 3.15. The second-order valence-electron chi connectivity index (χ2n) is 6.80. The summed E-state index contributed by atoms with van der Waals surface area (Å²) in [4.78, 5) is 40.4. The number of carbonyl (C=O) groups excluding carboxylic acids is 3. The molecule has 3 rings (SSSR count). The van der Waals surface area contributed by atoms with Crippen molar-refractivity contribution in [2.75, 3.05) is 25.7 Å². The van der Waals surface area contributed by atoms with Gasteiger partial charge in [-0.05, 0) is 48.4 Å². The topological polar surface area (TPSA) is 76.2 Å². The first-order chi connectivity index (χ1) is 13.9.